The number of nitrogens with zero attached hydrogens (tertiary/aromatic N) is 3. The predicted octanol–water partition coefficient (Wildman–Crippen LogP) is 3.72. The number of benzene rings is 1. The maximum absolute atomic E-state index is 12.5. The van der Waals surface area contributed by atoms with Crippen molar-refractivity contribution in [2.75, 3.05) is 0 Å². The fourth-order valence-corrected chi connectivity index (χ4v) is 4.76. The molecule has 7 nitrogen and oxygen atoms in total. The Labute approximate surface area is 168 Å². The van der Waals surface area contributed by atoms with E-state index in [1.165, 1.54) is 10.1 Å². The van der Waals surface area contributed by atoms with Crippen molar-refractivity contribution in [1.29, 1.82) is 0 Å². The number of ether oxygens (including phenoxy) is 2. The van der Waals surface area contributed by atoms with Crippen molar-refractivity contribution in [2.45, 2.75) is 39.1 Å². The second-order valence-electron chi connectivity index (χ2n) is 7.35. The fourth-order valence-electron chi connectivity index (χ4n) is 3.45. The van der Waals surface area contributed by atoms with Crippen LogP contribution in [0.1, 0.15) is 30.1 Å². The highest BCUT2D eigenvalue weighted by Gasteiger charge is 2.31. The van der Waals surface area contributed by atoms with Gasteiger partial charge in [0, 0.05) is 11.3 Å². The summed E-state index contributed by atoms with van der Waals surface area (Å²) in [5, 5.41) is 5.79. The number of fused-ring (bicyclic) bond motifs is 5. The number of H-pyrrole nitrogens is 1. The molecule has 0 aliphatic carbocycles. The zero-order valence-corrected chi connectivity index (χ0v) is 16.9. The Morgan fingerprint density at radius 1 is 1.39 bits per heavy atom. The second-order valence-corrected chi connectivity index (χ2v) is 8.86. The Morgan fingerprint density at radius 2 is 2.21 bits per heavy atom. The molecule has 28 heavy (non-hydrogen) atoms. The monoisotopic (exact) mass is 416 g/mol. The van der Waals surface area contributed by atoms with Crippen molar-refractivity contribution < 1.29 is 9.47 Å². The Balaban J connectivity index is 1.60. The van der Waals surface area contributed by atoms with E-state index in [1.54, 1.807) is 23.5 Å². The van der Waals surface area contributed by atoms with Crippen LogP contribution >= 0.6 is 22.9 Å². The molecule has 5 rings (SSSR count). The molecule has 0 fully saturated rings. The molecular weight excluding hydrogens is 400 g/mol. The van der Waals surface area contributed by atoms with Crippen LogP contribution in [0.2, 0.25) is 5.02 Å². The molecule has 1 N–H and O–H groups in total. The number of rotatable bonds is 3. The largest absolute Gasteiger partial charge is 0.484 e. The molecule has 0 amide bonds. The molecule has 0 unspecified atom stereocenters. The minimum absolute atomic E-state index is 0.118. The van der Waals surface area contributed by atoms with Gasteiger partial charge in [0.2, 0.25) is 0 Å². The number of hydrogen-bond acceptors (Lipinski definition) is 6. The number of aromatic nitrogens is 4. The molecule has 1 aliphatic rings. The minimum atomic E-state index is -0.322. The molecule has 0 atom stereocenters. The highest BCUT2D eigenvalue weighted by molar-refractivity contribution is 7.19. The summed E-state index contributed by atoms with van der Waals surface area (Å²) in [5.41, 5.74) is 1.14. The van der Waals surface area contributed by atoms with E-state index in [1.807, 2.05) is 12.1 Å². The maximum atomic E-state index is 12.5. The zero-order chi connectivity index (χ0) is 19.5. The summed E-state index contributed by atoms with van der Waals surface area (Å²) < 4.78 is 13.0. The molecule has 0 bridgehead atoms. The van der Waals surface area contributed by atoms with E-state index in [2.05, 4.69) is 28.9 Å². The first-order chi connectivity index (χ1) is 13.4. The summed E-state index contributed by atoms with van der Waals surface area (Å²) in [6.07, 6.45) is 0.752. The lowest BCUT2D eigenvalue weighted by atomic mass is 9.94. The SMILES string of the molecule is CC1(C)Cc2c(sc3[nH]c(=O)n4nc(COc5ccccc5Cl)nc4c23)CO1. The van der Waals surface area contributed by atoms with Crippen LogP contribution in [0.15, 0.2) is 29.1 Å². The highest BCUT2D eigenvalue weighted by Crippen LogP contribution is 2.39. The molecule has 0 radical (unpaired) electrons. The van der Waals surface area contributed by atoms with Gasteiger partial charge in [-0.3, -0.25) is 4.98 Å². The fraction of sp³-hybridized carbons (Fsp3) is 0.316. The molecule has 144 valence electrons. The lowest BCUT2D eigenvalue weighted by Gasteiger charge is -2.30. The van der Waals surface area contributed by atoms with E-state index in [-0.39, 0.29) is 17.9 Å². The van der Waals surface area contributed by atoms with Gasteiger partial charge < -0.3 is 9.47 Å². The highest BCUT2D eigenvalue weighted by atomic mass is 35.5. The number of halogens is 1. The van der Waals surface area contributed by atoms with Crippen LogP contribution in [0.5, 0.6) is 5.75 Å². The molecule has 1 aromatic carbocycles. The Hall–Kier alpha value is -2.42. The topological polar surface area (TPSA) is 81.5 Å². The van der Waals surface area contributed by atoms with Gasteiger partial charge in [-0.25, -0.2) is 9.78 Å². The van der Waals surface area contributed by atoms with Crippen molar-refractivity contribution in [3.63, 3.8) is 0 Å². The summed E-state index contributed by atoms with van der Waals surface area (Å²) in [6, 6.07) is 7.21. The quantitative estimate of drug-likeness (QED) is 0.550. The normalized spacial score (nSPS) is 15.8. The summed E-state index contributed by atoms with van der Waals surface area (Å²) in [6.45, 7) is 4.78. The van der Waals surface area contributed by atoms with Gasteiger partial charge in [0.05, 0.1) is 22.6 Å². The number of nitrogens with one attached hydrogen (secondary N) is 1. The third-order valence-corrected chi connectivity index (χ3v) is 6.20. The maximum Gasteiger partial charge on any atom is 0.349 e. The van der Waals surface area contributed by atoms with E-state index >= 15 is 0 Å². The minimum Gasteiger partial charge on any atom is -0.484 e. The van der Waals surface area contributed by atoms with Crippen LogP contribution in [0.25, 0.3) is 15.9 Å². The zero-order valence-electron chi connectivity index (χ0n) is 15.3. The lowest BCUT2D eigenvalue weighted by molar-refractivity contribution is -0.0379. The van der Waals surface area contributed by atoms with Crippen molar-refractivity contribution in [2.24, 2.45) is 0 Å². The van der Waals surface area contributed by atoms with Gasteiger partial charge in [-0.1, -0.05) is 23.7 Å². The molecule has 1 aliphatic heterocycles. The summed E-state index contributed by atoms with van der Waals surface area (Å²) in [5.74, 6) is 0.970. The van der Waals surface area contributed by atoms with Crippen molar-refractivity contribution in [1.82, 2.24) is 19.6 Å². The number of para-hydroxylation sites is 1. The lowest BCUT2D eigenvalue weighted by Crippen LogP contribution is -2.31. The Bertz CT molecular complexity index is 1270. The number of hydrogen-bond donors (Lipinski definition) is 1. The van der Waals surface area contributed by atoms with Crippen molar-refractivity contribution in [3.8, 4) is 5.75 Å². The van der Waals surface area contributed by atoms with E-state index in [9.17, 15) is 4.79 Å². The number of aromatic amines is 1. The second kappa shape index (κ2) is 6.30. The van der Waals surface area contributed by atoms with Crippen LogP contribution in [-0.2, 0) is 24.4 Å². The van der Waals surface area contributed by atoms with Crippen LogP contribution in [0.4, 0.5) is 0 Å². The summed E-state index contributed by atoms with van der Waals surface area (Å²) in [4.78, 5) is 21.9. The van der Waals surface area contributed by atoms with Crippen LogP contribution in [0.3, 0.4) is 0 Å². The average molecular weight is 417 g/mol. The van der Waals surface area contributed by atoms with Crippen molar-refractivity contribution >= 4 is 38.8 Å². The Morgan fingerprint density at radius 3 is 3.04 bits per heavy atom. The number of thiophene rings is 1. The molecular formula is C19H17ClN4O3S. The molecule has 0 spiro atoms. The van der Waals surface area contributed by atoms with E-state index in [0.29, 0.717) is 28.9 Å². The molecule has 0 saturated carbocycles. The summed E-state index contributed by atoms with van der Waals surface area (Å²) >= 11 is 7.67. The predicted molar refractivity (Wildman–Crippen MR) is 107 cm³/mol. The van der Waals surface area contributed by atoms with Gasteiger partial charge in [-0.15, -0.1) is 16.4 Å². The van der Waals surface area contributed by atoms with Gasteiger partial charge in [0.15, 0.2) is 11.5 Å². The molecule has 3 aromatic heterocycles. The van der Waals surface area contributed by atoms with Gasteiger partial charge in [-0.05, 0) is 31.5 Å². The van der Waals surface area contributed by atoms with E-state index < -0.39 is 0 Å². The van der Waals surface area contributed by atoms with E-state index in [4.69, 9.17) is 21.1 Å². The standard InChI is InChI=1S/C19H17ClN4O3S/c1-19(2)7-10-13(8-27-19)28-17-15(10)16-21-14(23-24(16)18(25)22-17)9-26-12-6-4-3-5-11(12)20/h3-6H,7-9H2,1-2H3,(H,22,25). The first-order valence-corrected chi connectivity index (χ1v) is 10.0. The van der Waals surface area contributed by atoms with Crippen LogP contribution in [-0.4, -0.2) is 25.2 Å². The van der Waals surface area contributed by atoms with Crippen LogP contribution in [0, 0.1) is 0 Å². The first kappa shape index (κ1) is 17.7. The molecule has 9 heteroatoms. The summed E-state index contributed by atoms with van der Waals surface area (Å²) in [7, 11) is 0. The molecule has 0 saturated heterocycles. The third-order valence-electron chi connectivity index (χ3n) is 4.77. The molecule has 4 aromatic rings. The van der Waals surface area contributed by atoms with Gasteiger partial charge in [0.1, 0.15) is 17.2 Å². The van der Waals surface area contributed by atoms with Gasteiger partial charge in [0.25, 0.3) is 0 Å². The Kier molecular flexibility index (Phi) is 3.97. The van der Waals surface area contributed by atoms with Gasteiger partial charge in [-0.2, -0.15) is 4.52 Å². The van der Waals surface area contributed by atoms with Crippen molar-refractivity contribution in [3.05, 3.63) is 56.0 Å². The van der Waals surface area contributed by atoms with E-state index in [0.717, 1.165) is 21.5 Å². The van der Waals surface area contributed by atoms with Crippen LogP contribution < -0.4 is 10.4 Å². The van der Waals surface area contributed by atoms with Gasteiger partial charge >= 0.3 is 5.69 Å². The molecule has 4 heterocycles. The smallest absolute Gasteiger partial charge is 0.349 e. The first-order valence-electron chi connectivity index (χ1n) is 8.85. The third kappa shape index (κ3) is 2.88. The average Bonchev–Trinajstić information content (AvgIpc) is 3.21.